The fourth-order valence-electron chi connectivity index (χ4n) is 3.59. The van der Waals surface area contributed by atoms with Crippen LogP contribution in [0, 0.1) is 0 Å². The SMILES string of the molecule is C=CCN(CC=C)S(=O)(=O)c1ccc(NC(=O)CCCCCCCCCCCCC)cc1. The van der Waals surface area contributed by atoms with Gasteiger partial charge >= 0.3 is 0 Å². The van der Waals surface area contributed by atoms with E-state index in [1.54, 1.807) is 24.3 Å². The number of benzene rings is 1. The van der Waals surface area contributed by atoms with Crippen LogP contribution in [-0.2, 0) is 14.8 Å². The quantitative estimate of drug-likeness (QED) is 0.184. The van der Waals surface area contributed by atoms with Crippen LogP contribution in [0.1, 0.15) is 84.0 Å². The van der Waals surface area contributed by atoms with Crippen molar-refractivity contribution in [1.29, 1.82) is 0 Å². The van der Waals surface area contributed by atoms with E-state index < -0.39 is 10.0 Å². The molecule has 0 aromatic heterocycles. The number of hydrogen-bond acceptors (Lipinski definition) is 3. The minimum Gasteiger partial charge on any atom is -0.326 e. The second-order valence-corrected chi connectivity index (χ2v) is 10.2. The number of carbonyl (C=O) groups excluding carboxylic acids is 1. The first-order valence-electron chi connectivity index (χ1n) is 12.1. The Kier molecular flexibility index (Phi) is 14.7. The standard InChI is InChI=1S/C26H42N2O3S/c1-4-7-8-9-10-11-12-13-14-15-16-17-26(29)27-24-18-20-25(21-19-24)32(30,31)28(22-5-2)23-6-3/h5-6,18-21H,2-4,7-17,22-23H2,1H3,(H,27,29). The molecular weight excluding hydrogens is 420 g/mol. The molecule has 180 valence electrons. The zero-order valence-electron chi connectivity index (χ0n) is 19.9. The second kappa shape index (κ2) is 16.7. The minimum atomic E-state index is -3.63. The van der Waals surface area contributed by atoms with Gasteiger partial charge in [-0.2, -0.15) is 4.31 Å². The topological polar surface area (TPSA) is 66.5 Å². The summed E-state index contributed by atoms with van der Waals surface area (Å²) < 4.78 is 26.7. The van der Waals surface area contributed by atoms with Gasteiger partial charge in [0.1, 0.15) is 0 Å². The van der Waals surface area contributed by atoms with Crippen molar-refractivity contribution >= 4 is 21.6 Å². The van der Waals surface area contributed by atoms with Crippen molar-refractivity contribution in [2.24, 2.45) is 0 Å². The molecule has 0 spiro atoms. The van der Waals surface area contributed by atoms with Crippen LogP contribution >= 0.6 is 0 Å². The maximum absolute atomic E-state index is 12.7. The Hall–Kier alpha value is -1.92. The number of nitrogens with one attached hydrogen (secondary N) is 1. The normalized spacial score (nSPS) is 11.4. The van der Waals surface area contributed by atoms with Gasteiger partial charge in [-0.1, -0.05) is 83.3 Å². The summed E-state index contributed by atoms with van der Waals surface area (Å²) in [5.74, 6) is -0.0310. The van der Waals surface area contributed by atoms with Gasteiger partial charge < -0.3 is 5.32 Å². The summed E-state index contributed by atoms with van der Waals surface area (Å²) in [7, 11) is -3.63. The van der Waals surface area contributed by atoms with Crippen molar-refractivity contribution < 1.29 is 13.2 Å². The Labute approximate surface area is 196 Å². The molecule has 1 aromatic carbocycles. The molecular formula is C26H42N2O3S. The molecule has 1 aromatic rings. The van der Waals surface area contributed by atoms with E-state index in [-0.39, 0.29) is 23.9 Å². The first-order chi connectivity index (χ1) is 15.5. The molecule has 0 saturated carbocycles. The number of anilines is 1. The molecule has 0 unspecified atom stereocenters. The second-order valence-electron chi connectivity index (χ2n) is 8.26. The van der Waals surface area contributed by atoms with Crippen LogP contribution in [0.15, 0.2) is 54.5 Å². The van der Waals surface area contributed by atoms with Gasteiger partial charge in [0.25, 0.3) is 0 Å². The van der Waals surface area contributed by atoms with Crippen molar-refractivity contribution in [3.05, 3.63) is 49.6 Å². The molecule has 0 radical (unpaired) electrons. The van der Waals surface area contributed by atoms with E-state index >= 15 is 0 Å². The van der Waals surface area contributed by atoms with Crippen LogP contribution in [0.5, 0.6) is 0 Å². The van der Waals surface area contributed by atoms with Crippen molar-refractivity contribution in [3.8, 4) is 0 Å². The van der Waals surface area contributed by atoms with Gasteiger partial charge in [-0.25, -0.2) is 8.42 Å². The lowest BCUT2D eigenvalue weighted by Gasteiger charge is -2.19. The van der Waals surface area contributed by atoms with E-state index in [1.807, 2.05) is 0 Å². The highest BCUT2D eigenvalue weighted by atomic mass is 32.2. The van der Waals surface area contributed by atoms with Gasteiger partial charge in [-0.05, 0) is 30.7 Å². The lowest BCUT2D eigenvalue weighted by Crippen LogP contribution is -2.31. The molecule has 0 aliphatic heterocycles. The summed E-state index contributed by atoms with van der Waals surface area (Å²) in [6.07, 6.45) is 17.3. The smallest absolute Gasteiger partial charge is 0.243 e. The predicted molar refractivity (Wildman–Crippen MR) is 135 cm³/mol. The van der Waals surface area contributed by atoms with Crippen molar-refractivity contribution in [2.75, 3.05) is 18.4 Å². The van der Waals surface area contributed by atoms with Crippen molar-refractivity contribution in [3.63, 3.8) is 0 Å². The fraction of sp³-hybridized carbons (Fsp3) is 0.577. The first kappa shape index (κ1) is 28.1. The number of sulfonamides is 1. The Morgan fingerprint density at radius 3 is 1.78 bits per heavy atom. The lowest BCUT2D eigenvalue weighted by molar-refractivity contribution is -0.116. The highest BCUT2D eigenvalue weighted by Crippen LogP contribution is 2.19. The number of nitrogens with zero attached hydrogens (tertiary/aromatic N) is 1. The third-order valence-electron chi connectivity index (χ3n) is 5.45. The van der Waals surface area contributed by atoms with Crippen LogP contribution in [0.25, 0.3) is 0 Å². The molecule has 0 fully saturated rings. The highest BCUT2D eigenvalue weighted by molar-refractivity contribution is 7.89. The molecule has 0 aliphatic rings. The van der Waals surface area contributed by atoms with Gasteiger partial charge in [0.05, 0.1) is 4.90 Å². The average molecular weight is 463 g/mol. The van der Waals surface area contributed by atoms with Crippen LogP contribution in [0.3, 0.4) is 0 Å². The largest absolute Gasteiger partial charge is 0.326 e. The summed E-state index contributed by atoms with van der Waals surface area (Å²) >= 11 is 0. The van der Waals surface area contributed by atoms with E-state index in [0.717, 1.165) is 12.8 Å². The number of carbonyl (C=O) groups is 1. The monoisotopic (exact) mass is 462 g/mol. The van der Waals surface area contributed by atoms with Crippen LogP contribution in [0.4, 0.5) is 5.69 Å². The Balaban J connectivity index is 2.30. The van der Waals surface area contributed by atoms with Gasteiger partial charge in [-0.15, -0.1) is 13.2 Å². The van der Waals surface area contributed by atoms with Gasteiger partial charge in [-0.3, -0.25) is 4.79 Å². The molecule has 0 heterocycles. The predicted octanol–water partition coefficient (Wildman–Crippen LogP) is 6.69. The summed E-state index contributed by atoms with van der Waals surface area (Å²) in [6.45, 7) is 9.89. The van der Waals surface area contributed by atoms with Gasteiger partial charge in [0.15, 0.2) is 0 Å². The summed E-state index contributed by atoms with van der Waals surface area (Å²) in [5, 5.41) is 2.86. The summed E-state index contributed by atoms with van der Waals surface area (Å²) in [5.41, 5.74) is 0.607. The summed E-state index contributed by atoms with van der Waals surface area (Å²) in [6, 6.07) is 6.30. The molecule has 6 heteroatoms. The average Bonchev–Trinajstić information content (AvgIpc) is 2.77. The molecule has 0 bridgehead atoms. The number of rotatable bonds is 19. The van der Waals surface area contributed by atoms with Crippen molar-refractivity contribution in [2.45, 2.75) is 88.9 Å². The third-order valence-corrected chi connectivity index (χ3v) is 7.29. The van der Waals surface area contributed by atoms with E-state index in [1.165, 1.54) is 74.2 Å². The molecule has 1 N–H and O–H groups in total. The minimum absolute atomic E-state index is 0.0310. The van der Waals surface area contributed by atoms with Crippen LogP contribution in [0.2, 0.25) is 0 Å². The third kappa shape index (κ3) is 11.1. The van der Waals surface area contributed by atoms with Gasteiger partial charge in [0, 0.05) is 25.2 Å². The highest BCUT2D eigenvalue weighted by Gasteiger charge is 2.22. The van der Waals surface area contributed by atoms with E-state index in [4.69, 9.17) is 0 Å². The maximum Gasteiger partial charge on any atom is 0.243 e. The Morgan fingerprint density at radius 2 is 1.31 bits per heavy atom. The first-order valence-corrected chi connectivity index (χ1v) is 13.5. The number of unbranched alkanes of at least 4 members (excludes halogenated alkanes) is 10. The Morgan fingerprint density at radius 1 is 0.844 bits per heavy atom. The number of hydrogen-bond donors (Lipinski definition) is 1. The van der Waals surface area contributed by atoms with Crippen LogP contribution < -0.4 is 5.32 Å². The molecule has 0 atom stereocenters. The maximum atomic E-state index is 12.7. The molecule has 32 heavy (non-hydrogen) atoms. The summed E-state index contributed by atoms with van der Waals surface area (Å²) in [4.78, 5) is 12.4. The van der Waals surface area contributed by atoms with E-state index in [2.05, 4.69) is 25.4 Å². The lowest BCUT2D eigenvalue weighted by atomic mass is 10.1. The molecule has 0 aliphatic carbocycles. The zero-order chi connectivity index (χ0) is 23.7. The molecule has 5 nitrogen and oxygen atoms in total. The Bertz CT molecular complexity index is 763. The molecule has 0 saturated heterocycles. The van der Waals surface area contributed by atoms with Crippen molar-refractivity contribution in [1.82, 2.24) is 4.31 Å². The van der Waals surface area contributed by atoms with Crippen LogP contribution in [-0.4, -0.2) is 31.7 Å². The fourth-order valence-corrected chi connectivity index (χ4v) is 4.97. The van der Waals surface area contributed by atoms with E-state index in [9.17, 15) is 13.2 Å². The van der Waals surface area contributed by atoms with E-state index in [0.29, 0.717) is 12.1 Å². The van der Waals surface area contributed by atoms with Gasteiger partial charge in [0.2, 0.25) is 15.9 Å². The zero-order valence-corrected chi connectivity index (χ0v) is 20.7. The number of amides is 1. The molecule has 1 amide bonds. The molecule has 1 rings (SSSR count).